The van der Waals surface area contributed by atoms with Gasteiger partial charge in [-0.3, -0.25) is 0 Å². The van der Waals surface area contributed by atoms with E-state index in [4.69, 9.17) is 0 Å². The van der Waals surface area contributed by atoms with Crippen LogP contribution in [0.5, 0.6) is 0 Å². The molecule has 0 bridgehead atoms. The fraction of sp³-hybridized carbons (Fsp3) is 0.600. The van der Waals surface area contributed by atoms with Crippen LogP contribution in [-0.2, 0) is 0 Å². The predicted octanol–water partition coefficient (Wildman–Crippen LogP) is 6.10. The first-order valence-corrected chi connectivity index (χ1v) is 9.01. The fourth-order valence-electron chi connectivity index (χ4n) is 1.70. The summed E-state index contributed by atoms with van der Waals surface area (Å²) in [4.78, 5) is 1.42. The van der Waals surface area contributed by atoms with Gasteiger partial charge >= 0.3 is 0 Å². The number of hydrogen-bond donors (Lipinski definition) is 0. The fourth-order valence-corrected chi connectivity index (χ4v) is 4.11. The van der Waals surface area contributed by atoms with Gasteiger partial charge in [-0.25, -0.2) is 0 Å². The van der Waals surface area contributed by atoms with Crippen molar-refractivity contribution < 1.29 is 0 Å². The van der Waals surface area contributed by atoms with Gasteiger partial charge in [0.1, 0.15) is 0 Å². The zero-order chi connectivity index (χ0) is 12.3. The molecule has 96 valence electrons. The van der Waals surface area contributed by atoms with E-state index in [1.807, 2.05) is 21.6 Å². The standard InChI is InChI=1S/C15H24S2/c1-3-4-5-6-7-10-13-16-17-15-12-9-8-11-14(15)2/h8-9,11-12H,3-7,10,13H2,1-2H3. The molecule has 0 amide bonds. The maximum atomic E-state index is 2.27. The van der Waals surface area contributed by atoms with Crippen LogP contribution in [0.4, 0.5) is 0 Å². The summed E-state index contributed by atoms with van der Waals surface area (Å²) in [6.07, 6.45) is 8.37. The van der Waals surface area contributed by atoms with E-state index in [9.17, 15) is 0 Å². The summed E-state index contributed by atoms with van der Waals surface area (Å²) in [5, 5.41) is 0. The second-order valence-corrected chi connectivity index (χ2v) is 6.90. The molecule has 1 aromatic carbocycles. The molecule has 0 nitrogen and oxygen atoms in total. The molecular weight excluding hydrogens is 244 g/mol. The number of benzene rings is 1. The lowest BCUT2D eigenvalue weighted by Gasteiger charge is -2.04. The van der Waals surface area contributed by atoms with Crippen molar-refractivity contribution in [2.24, 2.45) is 0 Å². The van der Waals surface area contributed by atoms with Crippen molar-refractivity contribution in [3.63, 3.8) is 0 Å². The second-order valence-electron chi connectivity index (χ2n) is 4.44. The molecule has 0 radical (unpaired) electrons. The van der Waals surface area contributed by atoms with E-state index in [-0.39, 0.29) is 0 Å². The van der Waals surface area contributed by atoms with E-state index in [2.05, 4.69) is 38.1 Å². The highest BCUT2D eigenvalue weighted by molar-refractivity contribution is 8.76. The molecule has 1 aromatic rings. The largest absolute Gasteiger partial charge is 0.0889 e. The van der Waals surface area contributed by atoms with Crippen molar-refractivity contribution in [2.45, 2.75) is 57.3 Å². The van der Waals surface area contributed by atoms with E-state index in [1.165, 1.54) is 54.7 Å². The quantitative estimate of drug-likeness (QED) is 0.392. The third-order valence-electron chi connectivity index (χ3n) is 2.82. The summed E-state index contributed by atoms with van der Waals surface area (Å²) in [7, 11) is 3.93. The first-order valence-electron chi connectivity index (χ1n) is 6.69. The average Bonchev–Trinajstić information content (AvgIpc) is 2.35. The predicted molar refractivity (Wildman–Crippen MR) is 82.9 cm³/mol. The van der Waals surface area contributed by atoms with Crippen molar-refractivity contribution >= 4 is 21.6 Å². The number of rotatable bonds is 9. The van der Waals surface area contributed by atoms with Crippen LogP contribution in [0.25, 0.3) is 0 Å². The summed E-state index contributed by atoms with van der Waals surface area (Å²) < 4.78 is 0. The highest BCUT2D eigenvalue weighted by Gasteiger charge is 1.98. The molecule has 2 heteroatoms. The van der Waals surface area contributed by atoms with Crippen LogP contribution in [0.3, 0.4) is 0 Å². The molecular formula is C15H24S2. The van der Waals surface area contributed by atoms with Crippen LogP contribution in [0, 0.1) is 6.92 Å². The Hall–Kier alpha value is -0.0800. The minimum atomic E-state index is 1.28. The third-order valence-corrected chi connectivity index (χ3v) is 5.43. The Kier molecular flexibility index (Phi) is 8.72. The molecule has 1 rings (SSSR count). The van der Waals surface area contributed by atoms with Crippen LogP contribution in [0.2, 0.25) is 0 Å². The van der Waals surface area contributed by atoms with E-state index in [0.717, 1.165) is 0 Å². The lowest BCUT2D eigenvalue weighted by molar-refractivity contribution is 0.627. The van der Waals surface area contributed by atoms with Crippen molar-refractivity contribution in [3.8, 4) is 0 Å². The van der Waals surface area contributed by atoms with Crippen LogP contribution in [0.1, 0.15) is 51.0 Å². The van der Waals surface area contributed by atoms with Gasteiger partial charge in [0.15, 0.2) is 0 Å². The zero-order valence-corrected chi connectivity index (χ0v) is 12.7. The Morgan fingerprint density at radius 3 is 2.41 bits per heavy atom. The van der Waals surface area contributed by atoms with Crippen molar-refractivity contribution in [2.75, 3.05) is 5.75 Å². The normalized spacial score (nSPS) is 10.7. The van der Waals surface area contributed by atoms with Crippen molar-refractivity contribution in [1.82, 2.24) is 0 Å². The topological polar surface area (TPSA) is 0 Å². The molecule has 0 saturated carbocycles. The second kappa shape index (κ2) is 9.90. The van der Waals surface area contributed by atoms with Crippen LogP contribution < -0.4 is 0 Å². The van der Waals surface area contributed by atoms with Crippen LogP contribution in [0.15, 0.2) is 29.2 Å². The minimum Gasteiger partial charge on any atom is -0.0889 e. The van der Waals surface area contributed by atoms with E-state index >= 15 is 0 Å². The van der Waals surface area contributed by atoms with E-state index in [0.29, 0.717) is 0 Å². The van der Waals surface area contributed by atoms with E-state index in [1.54, 1.807) is 0 Å². The summed E-state index contributed by atoms with van der Waals surface area (Å²) in [6, 6.07) is 8.64. The number of aryl methyl sites for hydroxylation is 1. The highest BCUT2D eigenvalue weighted by Crippen LogP contribution is 2.33. The molecule has 0 atom stereocenters. The Balaban J connectivity index is 1.99. The van der Waals surface area contributed by atoms with Gasteiger partial charge in [0, 0.05) is 10.6 Å². The molecule has 0 heterocycles. The summed E-state index contributed by atoms with van der Waals surface area (Å²) >= 11 is 0. The highest BCUT2D eigenvalue weighted by atomic mass is 33.1. The molecule has 0 unspecified atom stereocenters. The first kappa shape index (κ1) is 15.0. The molecule has 0 aromatic heterocycles. The Bertz CT molecular complexity index is 297. The number of hydrogen-bond acceptors (Lipinski definition) is 2. The van der Waals surface area contributed by atoms with Gasteiger partial charge in [-0.2, -0.15) is 0 Å². The molecule has 0 spiro atoms. The monoisotopic (exact) mass is 268 g/mol. The smallest absolute Gasteiger partial charge is 0.0212 e. The molecule has 0 aliphatic carbocycles. The SMILES string of the molecule is CCCCCCCCSSc1ccccc1C. The Labute approximate surface area is 114 Å². The lowest BCUT2D eigenvalue weighted by Crippen LogP contribution is -1.81. The summed E-state index contributed by atoms with van der Waals surface area (Å²) in [5.41, 5.74) is 1.40. The molecule has 17 heavy (non-hydrogen) atoms. The summed E-state index contributed by atoms with van der Waals surface area (Å²) in [5.74, 6) is 1.28. The first-order chi connectivity index (χ1) is 8.34. The van der Waals surface area contributed by atoms with Gasteiger partial charge in [-0.1, -0.05) is 78.8 Å². The van der Waals surface area contributed by atoms with Gasteiger partial charge in [0.2, 0.25) is 0 Å². The van der Waals surface area contributed by atoms with Crippen molar-refractivity contribution in [1.29, 1.82) is 0 Å². The number of unbranched alkanes of at least 4 members (excludes halogenated alkanes) is 5. The molecule has 0 N–H and O–H groups in total. The van der Waals surface area contributed by atoms with Gasteiger partial charge < -0.3 is 0 Å². The van der Waals surface area contributed by atoms with Crippen molar-refractivity contribution in [3.05, 3.63) is 29.8 Å². The zero-order valence-electron chi connectivity index (χ0n) is 11.1. The van der Waals surface area contributed by atoms with Crippen LogP contribution >= 0.6 is 21.6 Å². The Morgan fingerprint density at radius 2 is 1.65 bits per heavy atom. The summed E-state index contributed by atoms with van der Waals surface area (Å²) in [6.45, 7) is 4.46. The van der Waals surface area contributed by atoms with Gasteiger partial charge in [0.25, 0.3) is 0 Å². The Morgan fingerprint density at radius 1 is 0.941 bits per heavy atom. The minimum absolute atomic E-state index is 1.28. The molecule has 0 saturated heterocycles. The maximum Gasteiger partial charge on any atom is 0.0212 e. The maximum absolute atomic E-state index is 2.27. The van der Waals surface area contributed by atoms with Crippen LogP contribution in [-0.4, -0.2) is 5.75 Å². The lowest BCUT2D eigenvalue weighted by atomic mass is 10.1. The molecule has 0 fully saturated rings. The van der Waals surface area contributed by atoms with E-state index < -0.39 is 0 Å². The van der Waals surface area contributed by atoms with Gasteiger partial charge in [-0.15, -0.1) is 0 Å². The molecule has 0 aliphatic heterocycles. The van der Waals surface area contributed by atoms with Gasteiger partial charge in [-0.05, 0) is 25.0 Å². The van der Waals surface area contributed by atoms with Gasteiger partial charge in [0.05, 0.1) is 0 Å². The molecule has 0 aliphatic rings. The average molecular weight is 268 g/mol. The third kappa shape index (κ3) is 7.05.